The zero-order chi connectivity index (χ0) is 28.2. The number of hydrogen-bond acceptors (Lipinski definition) is 7. The summed E-state index contributed by atoms with van der Waals surface area (Å²) in [4.78, 5) is 23.9. The molecule has 204 valence electrons. The molecule has 0 saturated carbocycles. The van der Waals surface area contributed by atoms with E-state index in [1.54, 1.807) is 11.6 Å². The van der Waals surface area contributed by atoms with Crippen LogP contribution in [0.1, 0.15) is 22.5 Å². The lowest BCUT2D eigenvalue weighted by atomic mass is 10.2. The van der Waals surface area contributed by atoms with Crippen molar-refractivity contribution in [2.45, 2.75) is 19.9 Å². The van der Waals surface area contributed by atoms with Gasteiger partial charge in [-0.3, -0.25) is 19.5 Å². The van der Waals surface area contributed by atoms with Gasteiger partial charge in [0.1, 0.15) is 11.1 Å². The number of hydrogen-bond donors (Lipinski definition) is 2. The van der Waals surface area contributed by atoms with Gasteiger partial charge in [0.2, 0.25) is 0 Å². The molecule has 1 saturated heterocycles. The van der Waals surface area contributed by atoms with Crippen molar-refractivity contribution in [3.63, 3.8) is 0 Å². The number of nitriles is 1. The molecule has 4 rings (SSSR count). The molecular weight excluding hydrogens is 568 g/mol. The topological polar surface area (TPSA) is 155 Å². The van der Waals surface area contributed by atoms with Crippen LogP contribution in [0.4, 0.5) is 17.2 Å². The number of rotatable bonds is 9. The summed E-state index contributed by atoms with van der Waals surface area (Å²) in [6.45, 7) is 3.08. The largest absolute Gasteiger partial charge is 0.379 e. The first-order valence-corrected chi connectivity index (χ1v) is 14.2. The molecule has 2 N–H and O–H groups in total. The van der Waals surface area contributed by atoms with E-state index in [-0.39, 0.29) is 40.4 Å². The number of nitrogens with one attached hydrogen (secondary N) is 2. The van der Waals surface area contributed by atoms with Crippen LogP contribution >= 0.6 is 30.6 Å². The quantitative estimate of drug-likeness (QED) is 0.202. The number of non-ortho nitro benzene ring substituents is 1. The van der Waals surface area contributed by atoms with Crippen molar-refractivity contribution in [3.8, 4) is 6.07 Å². The summed E-state index contributed by atoms with van der Waals surface area (Å²) < 4.78 is 23.7. The van der Waals surface area contributed by atoms with Gasteiger partial charge in [0.25, 0.3) is 19.0 Å². The number of amides is 1. The van der Waals surface area contributed by atoms with E-state index in [1.165, 1.54) is 47.1 Å². The fourth-order valence-corrected chi connectivity index (χ4v) is 7.36. The molecule has 15 heteroatoms. The molecule has 1 atom stereocenters. The molecule has 0 unspecified atom stereocenters. The van der Waals surface area contributed by atoms with Crippen LogP contribution in [0.3, 0.4) is 0 Å². The maximum atomic E-state index is 15.0. The minimum atomic E-state index is -3.76. The van der Waals surface area contributed by atoms with Crippen molar-refractivity contribution in [2.75, 3.05) is 36.7 Å². The number of nitrogens with zero attached hydrogens (tertiary/aromatic N) is 5. The van der Waals surface area contributed by atoms with Crippen LogP contribution in [0.25, 0.3) is 0 Å². The molecule has 12 nitrogen and oxygen atoms in total. The minimum absolute atomic E-state index is 0.0861. The number of morpholine rings is 1. The minimum Gasteiger partial charge on any atom is -0.379 e. The second-order valence-electron chi connectivity index (χ2n) is 8.55. The summed E-state index contributed by atoms with van der Waals surface area (Å²) in [6.07, 6.45) is 0.0861. The van der Waals surface area contributed by atoms with Crippen LogP contribution in [0, 0.1) is 28.4 Å². The second kappa shape index (κ2) is 12.2. The number of ether oxygens (including phenoxy) is 1. The van der Waals surface area contributed by atoms with Gasteiger partial charge >= 0.3 is 0 Å². The van der Waals surface area contributed by atoms with Crippen molar-refractivity contribution in [1.29, 1.82) is 5.26 Å². The highest BCUT2D eigenvalue weighted by molar-refractivity contribution is 7.71. The third-order valence-electron chi connectivity index (χ3n) is 5.99. The average Bonchev–Trinajstić information content (AvgIpc) is 3.22. The molecule has 0 bridgehead atoms. The monoisotopic (exact) mass is 591 g/mol. The molecule has 1 amide bonds. The molecule has 2 heterocycles. The summed E-state index contributed by atoms with van der Waals surface area (Å²) in [5.41, 5.74) is 0.768. The number of benzene rings is 2. The Morgan fingerprint density at radius 2 is 1.92 bits per heavy atom. The highest BCUT2D eigenvalue weighted by Gasteiger charge is 2.40. The first kappa shape index (κ1) is 28.5. The van der Waals surface area contributed by atoms with Crippen molar-refractivity contribution in [2.24, 2.45) is 0 Å². The fourth-order valence-electron chi connectivity index (χ4n) is 4.16. The Balaban J connectivity index is 1.83. The van der Waals surface area contributed by atoms with E-state index in [1.807, 2.05) is 0 Å². The molecular formula is C24H24Cl2N7O5P. The summed E-state index contributed by atoms with van der Waals surface area (Å²) in [5.74, 6) is -0.442. The third-order valence-corrected chi connectivity index (χ3v) is 9.43. The average molecular weight is 592 g/mol. The first-order chi connectivity index (χ1) is 18.6. The second-order valence-corrected chi connectivity index (χ2v) is 11.8. The number of carbonyl (C=O) groups excluding carboxylic acids is 1. The Hall–Kier alpha value is -3.46. The van der Waals surface area contributed by atoms with E-state index in [4.69, 9.17) is 27.9 Å². The zero-order valence-electron chi connectivity index (χ0n) is 20.8. The number of nitro benzene ring substituents is 1. The Morgan fingerprint density at radius 3 is 2.54 bits per heavy atom. The highest BCUT2D eigenvalue weighted by Crippen LogP contribution is 2.51. The van der Waals surface area contributed by atoms with E-state index in [0.717, 1.165) is 0 Å². The number of halogens is 2. The van der Waals surface area contributed by atoms with Gasteiger partial charge in [0.15, 0.2) is 0 Å². The first-order valence-electron chi connectivity index (χ1n) is 11.8. The zero-order valence-corrected chi connectivity index (χ0v) is 23.2. The molecule has 3 aromatic rings. The molecule has 0 radical (unpaired) electrons. The predicted octanol–water partition coefficient (Wildman–Crippen LogP) is 4.84. The van der Waals surface area contributed by atoms with Gasteiger partial charge in [-0.05, 0) is 37.3 Å². The number of nitro groups is 1. The van der Waals surface area contributed by atoms with Crippen molar-refractivity contribution < 1.29 is 19.0 Å². The van der Waals surface area contributed by atoms with E-state index in [2.05, 4.69) is 21.6 Å². The molecule has 1 aliphatic rings. The number of aryl methyl sites for hydroxylation is 2. The standard InChI is InChI=1S/C24H24Cl2N7O5P/c1-16-22(23(32(29-16)10-2-9-27)28-24(34)20-8-3-17(25)15-21(20)26)39(37,31-11-13-38-14-12-31)30-18-4-6-19(7-5-18)33(35)36/h3-8,15H,2,10-14H2,1H3,(H,28,34)(H,30,37)/t39-/m0/s1. The number of anilines is 2. The van der Waals surface area contributed by atoms with Crippen molar-refractivity contribution in [1.82, 2.24) is 14.5 Å². The van der Waals surface area contributed by atoms with E-state index < -0.39 is 18.3 Å². The molecule has 39 heavy (non-hydrogen) atoms. The Bertz CT molecular complexity index is 1480. The molecule has 1 fully saturated rings. The number of aromatic nitrogens is 2. The van der Waals surface area contributed by atoms with Crippen LogP contribution in [0.5, 0.6) is 0 Å². The van der Waals surface area contributed by atoms with E-state index >= 15 is 4.57 Å². The van der Waals surface area contributed by atoms with Gasteiger partial charge < -0.3 is 15.1 Å². The molecule has 0 aliphatic carbocycles. The lowest BCUT2D eigenvalue weighted by Gasteiger charge is -2.35. The normalized spacial score (nSPS) is 15.2. The third kappa shape index (κ3) is 6.24. The lowest BCUT2D eigenvalue weighted by Crippen LogP contribution is -2.40. The summed E-state index contributed by atoms with van der Waals surface area (Å²) in [7, 11) is -3.76. The van der Waals surface area contributed by atoms with Crippen LogP contribution in [-0.2, 0) is 15.8 Å². The summed E-state index contributed by atoms with van der Waals surface area (Å²) in [5, 5.41) is 31.4. The van der Waals surface area contributed by atoms with Crippen LogP contribution in [0.15, 0.2) is 42.5 Å². The van der Waals surface area contributed by atoms with Crippen LogP contribution < -0.4 is 15.7 Å². The van der Waals surface area contributed by atoms with Gasteiger partial charge in [0, 0.05) is 35.9 Å². The van der Waals surface area contributed by atoms with Gasteiger partial charge in [-0.1, -0.05) is 23.2 Å². The fraction of sp³-hybridized carbons (Fsp3) is 0.292. The molecule has 0 spiro atoms. The van der Waals surface area contributed by atoms with Gasteiger partial charge in [-0.15, -0.1) is 0 Å². The summed E-state index contributed by atoms with van der Waals surface area (Å²) >= 11 is 12.2. The molecule has 2 aromatic carbocycles. The maximum Gasteiger partial charge on any atom is 0.272 e. The predicted molar refractivity (Wildman–Crippen MR) is 148 cm³/mol. The van der Waals surface area contributed by atoms with Crippen molar-refractivity contribution in [3.05, 3.63) is 73.9 Å². The van der Waals surface area contributed by atoms with E-state index in [0.29, 0.717) is 42.7 Å². The smallest absolute Gasteiger partial charge is 0.272 e. The Morgan fingerprint density at radius 1 is 1.23 bits per heavy atom. The van der Waals surface area contributed by atoms with Crippen molar-refractivity contribution >= 4 is 59.0 Å². The highest BCUT2D eigenvalue weighted by atomic mass is 35.5. The van der Waals surface area contributed by atoms with Gasteiger partial charge in [-0.25, -0.2) is 9.35 Å². The van der Waals surface area contributed by atoms with Crippen LogP contribution in [0.2, 0.25) is 10.0 Å². The van der Waals surface area contributed by atoms with Crippen LogP contribution in [-0.4, -0.2) is 51.6 Å². The Labute approximate surface area is 234 Å². The number of carbonyl (C=O) groups is 1. The van der Waals surface area contributed by atoms with Gasteiger partial charge in [-0.2, -0.15) is 10.4 Å². The van der Waals surface area contributed by atoms with E-state index in [9.17, 15) is 20.2 Å². The Kier molecular flexibility index (Phi) is 8.90. The SMILES string of the molecule is Cc1nn(CCC#N)c(NC(=O)c2ccc(Cl)cc2Cl)c1[P@](=O)(Nc1ccc([N+](=O)[O-])cc1)N1CCOCC1. The maximum absolute atomic E-state index is 15.0. The summed E-state index contributed by atoms with van der Waals surface area (Å²) in [6, 6.07) is 12.0. The molecule has 1 aliphatic heterocycles. The molecule has 1 aromatic heterocycles. The van der Waals surface area contributed by atoms with Gasteiger partial charge in [0.05, 0.1) is 53.5 Å². The lowest BCUT2D eigenvalue weighted by molar-refractivity contribution is -0.384.